The van der Waals surface area contributed by atoms with Crippen molar-refractivity contribution >= 4 is 21.8 Å². The quantitative estimate of drug-likeness (QED) is 0.541. The molecule has 0 fully saturated rings. The Morgan fingerprint density at radius 1 is 0.923 bits per heavy atom. The van der Waals surface area contributed by atoms with E-state index in [0.717, 1.165) is 20.9 Å². The van der Waals surface area contributed by atoms with Gasteiger partial charge in [-0.2, -0.15) is 0 Å². The number of hydrogen-bond acceptors (Lipinski definition) is 4. The molecule has 4 aromatic rings. The zero-order chi connectivity index (χ0) is 18.4. The number of aromatic amines is 2. The third kappa shape index (κ3) is 2.31. The van der Waals surface area contributed by atoms with Crippen molar-refractivity contribution in [3.63, 3.8) is 0 Å². The van der Waals surface area contributed by atoms with Crippen LogP contribution >= 0.6 is 0 Å². The first-order chi connectivity index (χ1) is 12.5. The number of H-pyrrole nitrogens is 2. The normalized spacial score (nSPS) is 11.3. The van der Waals surface area contributed by atoms with E-state index < -0.39 is 22.5 Å². The topological polar surface area (TPSA) is 110 Å². The molecule has 0 atom stereocenters. The summed E-state index contributed by atoms with van der Waals surface area (Å²) in [7, 11) is 1.31. The van der Waals surface area contributed by atoms with Gasteiger partial charge in [-0.3, -0.25) is 23.7 Å². The number of fused-ring (bicyclic) bond motifs is 2. The molecule has 0 aliphatic carbocycles. The SMILES string of the molecule is Cn1c(=O)c2[nH]c(=O)[nH]c(=O)c2n(Cc2cccc3ccccc23)c1=O. The van der Waals surface area contributed by atoms with Gasteiger partial charge in [0, 0.05) is 7.05 Å². The Balaban J connectivity index is 2.09. The Hall–Kier alpha value is -3.68. The Morgan fingerprint density at radius 2 is 1.65 bits per heavy atom. The molecule has 0 aliphatic heterocycles. The van der Waals surface area contributed by atoms with Crippen LogP contribution in [0.1, 0.15) is 5.56 Å². The highest BCUT2D eigenvalue weighted by molar-refractivity contribution is 5.85. The monoisotopic (exact) mass is 350 g/mol. The molecule has 8 heteroatoms. The number of nitrogens with one attached hydrogen (secondary N) is 2. The van der Waals surface area contributed by atoms with Gasteiger partial charge in [0.1, 0.15) is 11.0 Å². The van der Waals surface area contributed by atoms with Gasteiger partial charge in [0.05, 0.1) is 6.54 Å². The van der Waals surface area contributed by atoms with E-state index in [4.69, 9.17) is 0 Å². The van der Waals surface area contributed by atoms with Crippen LogP contribution in [0.4, 0.5) is 0 Å². The average molecular weight is 350 g/mol. The minimum Gasteiger partial charge on any atom is -0.301 e. The van der Waals surface area contributed by atoms with E-state index in [-0.39, 0.29) is 17.6 Å². The smallest absolute Gasteiger partial charge is 0.301 e. The zero-order valence-electron chi connectivity index (χ0n) is 13.8. The number of rotatable bonds is 2. The van der Waals surface area contributed by atoms with Gasteiger partial charge in [-0.15, -0.1) is 0 Å². The van der Waals surface area contributed by atoms with E-state index in [0.29, 0.717) is 0 Å². The van der Waals surface area contributed by atoms with Crippen LogP contribution in [-0.2, 0) is 13.6 Å². The molecule has 4 rings (SSSR count). The predicted molar refractivity (Wildman–Crippen MR) is 97.7 cm³/mol. The minimum atomic E-state index is -0.796. The molecule has 2 aromatic heterocycles. The Kier molecular flexibility index (Phi) is 3.47. The third-order valence-electron chi connectivity index (χ3n) is 4.43. The fourth-order valence-electron chi connectivity index (χ4n) is 3.17. The molecule has 2 heterocycles. The van der Waals surface area contributed by atoms with Gasteiger partial charge >= 0.3 is 11.4 Å². The van der Waals surface area contributed by atoms with Gasteiger partial charge in [-0.1, -0.05) is 42.5 Å². The number of aromatic nitrogens is 4. The maximum absolute atomic E-state index is 12.7. The zero-order valence-corrected chi connectivity index (χ0v) is 13.8. The van der Waals surface area contributed by atoms with Crippen molar-refractivity contribution in [3.8, 4) is 0 Å². The molecule has 0 bridgehead atoms. The van der Waals surface area contributed by atoms with E-state index in [1.807, 2.05) is 42.5 Å². The molecule has 0 saturated carbocycles. The van der Waals surface area contributed by atoms with E-state index >= 15 is 0 Å². The van der Waals surface area contributed by atoms with Crippen molar-refractivity contribution in [2.24, 2.45) is 7.05 Å². The first kappa shape index (κ1) is 15.8. The van der Waals surface area contributed by atoms with E-state index in [1.54, 1.807) is 0 Å². The van der Waals surface area contributed by atoms with Gasteiger partial charge < -0.3 is 4.98 Å². The molecule has 0 radical (unpaired) electrons. The molecular formula is C18H14N4O4. The minimum absolute atomic E-state index is 0.0833. The van der Waals surface area contributed by atoms with Crippen LogP contribution in [0.3, 0.4) is 0 Å². The molecule has 0 unspecified atom stereocenters. The van der Waals surface area contributed by atoms with Gasteiger partial charge in [0.25, 0.3) is 11.1 Å². The maximum atomic E-state index is 12.7. The van der Waals surface area contributed by atoms with Gasteiger partial charge in [0.2, 0.25) is 0 Å². The first-order valence-corrected chi connectivity index (χ1v) is 7.90. The lowest BCUT2D eigenvalue weighted by atomic mass is 10.0. The lowest BCUT2D eigenvalue weighted by Crippen LogP contribution is -2.42. The van der Waals surface area contributed by atoms with Crippen molar-refractivity contribution < 1.29 is 0 Å². The number of hydrogen-bond donors (Lipinski definition) is 2. The molecule has 2 aromatic carbocycles. The molecular weight excluding hydrogens is 336 g/mol. The lowest BCUT2D eigenvalue weighted by molar-refractivity contribution is 0.669. The Morgan fingerprint density at radius 3 is 2.46 bits per heavy atom. The van der Waals surface area contributed by atoms with Crippen molar-refractivity contribution in [2.75, 3.05) is 0 Å². The summed E-state index contributed by atoms with van der Waals surface area (Å²) in [5.74, 6) is 0. The van der Waals surface area contributed by atoms with E-state index in [1.165, 1.54) is 11.6 Å². The average Bonchev–Trinajstić information content (AvgIpc) is 2.63. The Bertz CT molecular complexity index is 1400. The maximum Gasteiger partial charge on any atom is 0.331 e. The first-order valence-electron chi connectivity index (χ1n) is 7.90. The summed E-state index contributed by atoms with van der Waals surface area (Å²) in [5.41, 5.74) is -2.45. The summed E-state index contributed by atoms with van der Waals surface area (Å²) in [5, 5.41) is 1.93. The summed E-state index contributed by atoms with van der Waals surface area (Å²) >= 11 is 0. The second-order valence-electron chi connectivity index (χ2n) is 6.00. The van der Waals surface area contributed by atoms with Gasteiger partial charge in [-0.05, 0) is 16.3 Å². The van der Waals surface area contributed by atoms with Crippen LogP contribution in [-0.4, -0.2) is 19.1 Å². The number of benzene rings is 2. The number of nitrogens with zero attached hydrogens (tertiary/aromatic N) is 2. The summed E-state index contributed by atoms with van der Waals surface area (Å²) in [4.78, 5) is 53.2. The highest BCUT2D eigenvalue weighted by atomic mass is 16.2. The second-order valence-corrected chi connectivity index (χ2v) is 6.00. The predicted octanol–water partition coefficient (Wildman–Crippen LogP) is 0.278. The second kappa shape index (κ2) is 5.69. The van der Waals surface area contributed by atoms with Crippen LogP contribution in [0.15, 0.2) is 61.6 Å². The molecule has 26 heavy (non-hydrogen) atoms. The lowest BCUT2D eigenvalue weighted by Gasteiger charge is -2.12. The van der Waals surface area contributed by atoms with Gasteiger partial charge in [0.15, 0.2) is 0 Å². The summed E-state index contributed by atoms with van der Waals surface area (Å²) in [6.45, 7) is 0.0833. The Labute approximate surface area is 145 Å². The highest BCUT2D eigenvalue weighted by Crippen LogP contribution is 2.19. The standard InChI is InChI=1S/C18H14N4O4/c1-21-16(24)13-14(15(23)20-17(25)19-13)22(18(21)26)9-11-7-4-6-10-5-2-3-8-12(10)11/h2-8H,9H2,1H3,(H2,19,20,23,25). The van der Waals surface area contributed by atoms with Crippen molar-refractivity contribution in [3.05, 3.63) is 89.7 Å². The fraction of sp³-hybridized carbons (Fsp3) is 0.111. The van der Waals surface area contributed by atoms with Crippen LogP contribution in [0.2, 0.25) is 0 Å². The van der Waals surface area contributed by atoms with Crippen LogP contribution in [0, 0.1) is 0 Å². The molecule has 0 amide bonds. The van der Waals surface area contributed by atoms with Crippen LogP contribution in [0.25, 0.3) is 21.8 Å². The summed E-state index contributed by atoms with van der Waals surface area (Å²) in [6.07, 6.45) is 0. The molecule has 0 aliphatic rings. The van der Waals surface area contributed by atoms with Crippen molar-refractivity contribution in [2.45, 2.75) is 6.54 Å². The largest absolute Gasteiger partial charge is 0.331 e. The molecule has 0 spiro atoms. The van der Waals surface area contributed by atoms with Crippen molar-refractivity contribution in [1.29, 1.82) is 0 Å². The van der Waals surface area contributed by atoms with E-state index in [2.05, 4.69) is 9.97 Å². The van der Waals surface area contributed by atoms with E-state index in [9.17, 15) is 19.2 Å². The molecule has 2 N–H and O–H groups in total. The molecule has 0 saturated heterocycles. The fourth-order valence-corrected chi connectivity index (χ4v) is 3.17. The van der Waals surface area contributed by atoms with Crippen LogP contribution < -0.4 is 22.5 Å². The summed E-state index contributed by atoms with van der Waals surface area (Å²) in [6, 6.07) is 13.3. The highest BCUT2D eigenvalue weighted by Gasteiger charge is 2.16. The van der Waals surface area contributed by atoms with Gasteiger partial charge in [-0.25, -0.2) is 9.59 Å². The summed E-state index contributed by atoms with van der Waals surface area (Å²) < 4.78 is 2.08. The third-order valence-corrected chi connectivity index (χ3v) is 4.43. The molecule has 130 valence electrons. The molecule has 8 nitrogen and oxygen atoms in total. The van der Waals surface area contributed by atoms with Crippen molar-refractivity contribution in [1.82, 2.24) is 19.1 Å². The van der Waals surface area contributed by atoms with Crippen LogP contribution in [0.5, 0.6) is 0 Å².